The summed E-state index contributed by atoms with van der Waals surface area (Å²) in [6.45, 7) is 0.00772. The van der Waals surface area contributed by atoms with E-state index in [1.807, 2.05) is 0 Å². The average molecular weight is 246 g/mol. The fourth-order valence-corrected chi connectivity index (χ4v) is 2.29. The molecular weight excluding hydrogens is 228 g/mol. The van der Waals surface area contributed by atoms with Crippen LogP contribution < -0.4 is 11.1 Å². The van der Waals surface area contributed by atoms with E-state index in [2.05, 4.69) is 5.32 Å². The van der Waals surface area contributed by atoms with Crippen molar-refractivity contribution in [1.82, 2.24) is 0 Å². The van der Waals surface area contributed by atoms with E-state index >= 15 is 0 Å². The number of amides is 1. The molecule has 4 heteroatoms. The van der Waals surface area contributed by atoms with Crippen LogP contribution in [-0.4, -0.2) is 18.2 Å². The van der Waals surface area contributed by atoms with Crippen LogP contribution in [0.1, 0.15) is 36.0 Å². The molecule has 0 saturated heterocycles. The van der Waals surface area contributed by atoms with Crippen molar-refractivity contribution < 1.29 is 9.59 Å². The first-order valence-electron chi connectivity index (χ1n) is 6.35. The van der Waals surface area contributed by atoms with Gasteiger partial charge in [0.25, 0.3) is 0 Å². The summed E-state index contributed by atoms with van der Waals surface area (Å²) in [5.41, 5.74) is 6.60. The van der Waals surface area contributed by atoms with Gasteiger partial charge in [-0.15, -0.1) is 0 Å². The second-order valence-electron chi connectivity index (χ2n) is 4.68. The van der Waals surface area contributed by atoms with E-state index in [0.717, 1.165) is 31.4 Å². The average Bonchev–Trinajstić information content (AvgIpc) is 2.92. The fraction of sp³-hybridized carbons (Fsp3) is 0.429. The Morgan fingerprint density at radius 1 is 1.17 bits per heavy atom. The van der Waals surface area contributed by atoms with Gasteiger partial charge in [-0.2, -0.15) is 0 Å². The summed E-state index contributed by atoms with van der Waals surface area (Å²) in [7, 11) is 0. The van der Waals surface area contributed by atoms with Crippen molar-refractivity contribution in [3.63, 3.8) is 0 Å². The van der Waals surface area contributed by atoms with Crippen molar-refractivity contribution in [3.8, 4) is 0 Å². The minimum Gasteiger partial charge on any atom is -0.326 e. The highest BCUT2D eigenvalue weighted by molar-refractivity contribution is 5.98. The van der Waals surface area contributed by atoms with Crippen molar-refractivity contribution in [2.24, 2.45) is 11.7 Å². The Bertz CT molecular complexity index is 434. The molecule has 0 spiro atoms. The summed E-state index contributed by atoms with van der Waals surface area (Å²) in [5, 5.41) is 2.89. The standard InChI is InChI=1S/C14H18N2O2/c15-9-13(17)10-5-7-12(8-6-10)16-14(18)11-3-1-2-4-11/h5-8,11H,1-4,9,15H2,(H,16,18). The first-order chi connectivity index (χ1) is 8.70. The molecule has 1 fully saturated rings. The maximum absolute atomic E-state index is 11.9. The van der Waals surface area contributed by atoms with Gasteiger partial charge >= 0.3 is 0 Å². The molecule has 1 saturated carbocycles. The number of hydrogen-bond donors (Lipinski definition) is 2. The zero-order valence-electron chi connectivity index (χ0n) is 10.3. The number of nitrogens with one attached hydrogen (secondary N) is 1. The molecule has 0 radical (unpaired) electrons. The molecule has 1 aliphatic carbocycles. The zero-order chi connectivity index (χ0) is 13.0. The summed E-state index contributed by atoms with van der Waals surface area (Å²) < 4.78 is 0. The minimum atomic E-state index is -0.0938. The molecule has 4 nitrogen and oxygen atoms in total. The normalized spacial score (nSPS) is 15.6. The third kappa shape index (κ3) is 2.96. The number of carbonyl (C=O) groups excluding carboxylic acids is 2. The summed E-state index contributed by atoms with van der Waals surface area (Å²) in [6, 6.07) is 6.88. The first-order valence-corrected chi connectivity index (χ1v) is 6.35. The predicted molar refractivity (Wildman–Crippen MR) is 70.4 cm³/mol. The molecule has 2 rings (SSSR count). The van der Waals surface area contributed by atoms with Crippen molar-refractivity contribution in [2.75, 3.05) is 11.9 Å². The quantitative estimate of drug-likeness (QED) is 0.798. The molecule has 0 atom stereocenters. The molecule has 1 aliphatic rings. The predicted octanol–water partition coefficient (Wildman–Crippen LogP) is 1.96. The van der Waals surface area contributed by atoms with E-state index in [1.165, 1.54) is 0 Å². The van der Waals surface area contributed by atoms with Crippen LogP contribution in [0.4, 0.5) is 5.69 Å². The van der Waals surface area contributed by atoms with Crippen LogP contribution in [0.25, 0.3) is 0 Å². The number of ketones is 1. The number of benzene rings is 1. The van der Waals surface area contributed by atoms with Gasteiger partial charge in [0.05, 0.1) is 6.54 Å². The molecule has 0 heterocycles. The van der Waals surface area contributed by atoms with Gasteiger partial charge in [-0.05, 0) is 37.1 Å². The Morgan fingerprint density at radius 3 is 2.33 bits per heavy atom. The highest BCUT2D eigenvalue weighted by atomic mass is 16.2. The topological polar surface area (TPSA) is 72.2 Å². The smallest absolute Gasteiger partial charge is 0.227 e. The van der Waals surface area contributed by atoms with Crippen LogP contribution in [-0.2, 0) is 4.79 Å². The van der Waals surface area contributed by atoms with Crippen LogP contribution in [0, 0.1) is 5.92 Å². The first kappa shape index (κ1) is 12.8. The molecule has 0 aromatic heterocycles. The third-order valence-electron chi connectivity index (χ3n) is 3.39. The van der Waals surface area contributed by atoms with Gasteiger partial charge in [-0.1, -0.05) is 12.8 Å². The zero-order valence-corrected chi connectivity index (χ0v) is 10.3. The van der Waals surface area contributed by atoms with Crippen molar-refractivity contribution in [3.05, 3.63) is 29.8 Å². The Morgan fingerprint density at radius 2 is 1.78 bits per heavy atom. The van der Waals surface area contributed by atoms with Gasteiger partial charge in [-0.3, -0.25) is 9.59 Å². The SMILES string of the molecule is NCC(=O)c1ccc(NC(=O)C2CCCC2)cc1. The van der Waals surface area contributed by atoms with Gasteiger partial charge in [-0.25, -0.2) is 0 Å². The number of carbonyl (C=O) groups is 2. The molecule has 0 unspecified atom stereocenters. The number of Topliss-reactive ketones (excluding diaryl/α,β-unsaturated/α-hetero) is 1. The lowest BCUT2D eigenvalue weighted by atomic mass is 10.1. The molecular formula is C14H18N2O2. The van der Waals surface area contributed by atoms with Gasteiger partial charge in [0.15, 0.2) is 5.78 Å². The Kier molecular flexibility index (Phi) is 4.10. The van der Waals surface area contributed by atoms with Crippen molar-refractivity contribution >= 4 is 17.4 Å². The number of rotatable bonds is 4. The summed E-state index contributed by atoms with van der Waals surface area (Å²) in [4.78, 5) is 23.2. The Hall–Kier alpha value is -1.68. The van der Waals surface area contributed by atoms with Gasteiger partial charge < -0.3 is 11.1 Å². The Balaban J connectivity index is 1.97. The van der Waals surface area contributed by atoms with Crippen LogP contribution in [0.3, 0.4) is 0 Å². The molecule has 18 heavy (non-hydrogen) atoms. The van der Waals surface area contributed by atoms with Crippen LogP contribution in [0.5, 0.6) is 0 Å². The lowest BCUT2D eigenvalue weighted by Gasteiger charge is -2.10. The van der Waals surface area contributed by atoms with E-state index in [0.29, 0.717) is 5.56 Å². The van der Waals surface area contributed by atoms with E-state index in [1.54, 1.807) is 24.3 Å². The van der Waals surface area contributed by atoms with Crippen molar-refractivity contribution in [1.29, 1.82) is 0 Å². The fourth-order valence-electron chi connectivity index (χ4n) is 2.29. The lowest BCUT2D eigenvalue weighted by Crippen LogP contribution is -2.20. The second-order valence-corrected chi connectivity index (χ2v) is 4.68. The monoisotopic (exact) mass is 246 g/mol. The van der Waals surface area contributed by atoms with Crippen LogP contribution in [0.2, 0.25) is 0 Å². The third-order valence-corrected chi connectivity index (χ3v) is 3.39. The maximum Gasteiger partial charge on any atom is 0.227 e. The van der Waals surface area contributed by atoms with E-state index in [-0.39, 0.29) is 24.2 Å². The summed E-state index contributed by atoms with van der Waals surface area (Å²) in [5.74, 6) is 0.143. The van der Waals surface area contributed by atoms with Crippen LogP contribution >= 0.6 is 0 Å². The van der Waals surface area contributed by atoms with Crippen LogP contribution in [0.15, 0.2) is 24.3 Å². The highest BCUT2D eigenvalue weighted by Crippen LogP contribution is 2.26. The molecule has 96 valence electrons. The minimum absolute atomic E-state index is 0.00772. The van der Waals surface area contributed by atoms with E-state index in [9.17, 15) is 9.59 Å². The second kappa shape index (κ2) is 5.78. The summed E-state index contributed by atoms with van der Waals surface area (Å²) >= 11 is 0. The lowest BCUT2D eigenvalue weighted by molar-refractivity contribution is -0.119. The molecule has 3 N–H and O–H groups in total. The number of anilines is 1. The Labute approximate surface area is 107 Å². The molecule has 1 aromatic rings. The molecule has 1 aromatic carbocycles. The van der Waals surface area contributed by atoms with E-state index in [4.69, 9.17) is 5.73 Å². The van der Waals surface area contributed by atoms with Gasteiger partial charge in [0, 0.05) is 17.2 Å². The number of nitrogens with two attached hydrogens (primary N) is 1. The van der Waals surface area contributed by atoms with Gasteiger partial charge in [0.1, 0.15) is 0 Å². The maximum atomic E-state index is 11.9. The number of hydrogen-bond acceptors (Lipinski definition) is 3. The highest BCUT2D eigenvalue weighted by Gasteiger charge is 2.22. The molecule has 0 bridgehead atoms. The summed E-state index contributed by atoms with van der Waals surface area (Å²) in [6.07, 6.45) is 4.25. The largest absolute Gasteiger partial charge is 0.326 e. The van der Waals surface area contributed by atoms with Crippen molar-refractivity contribution in [2.45, 2.75) is 25.7 Å². The van der Waals surface area contributed by atoms with E-state index < -0.39 is 0 Å². The van der Waals surface area contributed by atoms with Gasteiger partial charge in [0.2, 0.25) is 5.91 Å². The molecule has 1 amide bonds. The molecule has 0 aliphatic heterocycles.